The van der Waals surface area contributed by atoms with Crippen LogP contribution in [0.1, 0.15) is 24.2 Å². The zero-order chi connectivity index (χ0) is 22.4. The first-order chi connectivity index (χ1) is 15.4. The molecule has 0 aliphatic carbocycles. The minimum absolute atomic E-state index is 0.0996. The SMILES string of the molecule is Cc1cn2nc(-c3cc(=O)n4cc(N5CCC(CN(C)C)CC5)ccc4n3)cc2c(C)n1. The van der Waals surface area contributed by atoms with E-state index in [1.54, 1.807) is 15.0 Å². The topological polar surface area (TPSA) is 71.0 Å². The van der Waals surface area contributed by atoms with E-state index in [2.05, 4.69) is 40.0 Å². The Hall–Kier alpha value is -3.26. The van der Waals surface area contributed by atoms with Crippen molar-refractivity contribution in [3.63, 3.8) is 0 Å². The second-order valence-electron chi connectivity index (χ2n) is 9.11. The first-order valence-corrected chi connectivity index (χ1v) is 11.1. The molecule has 1 aliphatic rings. The number of nitrogens with zero attached hydrogens (tertiary/aromatic N) is 7. The molecule has 4 aromatic rings. The zero-order valence-corrected chi connectivity index (χ0v) is 19.1. The van der Waals surface area contributed by atoms with Gasteiger partial charge in [-0.25, -0.2) is 9.50 Å². The van der Waals surface area contributed by atoms with Gasteiger partial charge in [0.25, 0.3) is 5.56 Å². The van der Waals surface area contributed by atoms with Crippen LogP contribution in [0.5, 0.6) is 0 Å². The van der Waals surface area contributed by atoms with Crippen LogP contribution in [0, 0.1) is 19.8 Å². The maximum absolute atomic E-state index is 13.0. The molecular formula is C24H29N7O. The number of aryl methyl sites for hydroxylation is 2. The maximum atomic E-state index is 13.0. The van der Waals surface area contributed by atoms with Crippen molar-refractivity contribution in [2.45, 2.75) is 26.7 Å². The van der Waals surface area contributed by atoms with E-state index in [-0.39, 0.29) is 5.56 Å². The Balaban J connectivity index is 1.44. The third-order valence-electron chi connectivity index (χ3n) is 6.27. The summed E-state index contributed by atoms with van der Waals surface area (Å²) in [7, 11) is 4.27. The van der Waals surface area contributed by atoms with Crippen LogP contribution in [0.15, 0.2) is 41.5 Å². The molecule has 8 nitrogen and oxygen atoms in total. The van der Waals surface area contributed by atoms with Crippen LogP contribution >= 0.6 is 0 Å². The van der Waals surface area contributed by atoms with Crippen LogP contribution in [0.25, 0.3) is 22.6 Å². The molecule has 0 amide bonds. The van der Waals surface area contributed by atoms with Crippen LogP contribution in [0.2, 0.25) is 0 Å². The van der Waals surface area contributed by atoms with Crippen molar-refractivity contribution in [3.8, 4) is 11.4 Å². The van der Waals surface area contributed by atoms with Gasteiger partial charge in [0.2, 0.25) is 0 Å². The second-order valence-corrected chi connectivity index (χ2v) is 9.11. The van der Waals surface area contributed by atoms with E-state index < -0.39 is 0 Å². The summed E-state index contributed by atoms with van der Waals surface area (Å²) >= 11 is 0. The highest BCUT2D eigenvalue weighted by Gasteiger charge is 2.20. The average molecular weight is 432 g/mol. The van der Waals surface area contributed by atoms with E-state index in [4.69, 9.17) is 4.98 Å². The first kappa shape index (κ1) is 20.6. The molecule has 1 fully saturated rings. The molecule has 0 aromatic carbocycles. The van der Waals surface area contributed by atoms with Gasteiger partial charge in [-0.1, -0.05) is 0 Å². The number of hydrogen-bond donors (Lipinski definition) is 0. The van der Waals surface area contributed by atoms with E-state index >= 15 is 0 Å². The van der Waals surface area contributed by atoms with Crippen LogP contribution in [0.3, 0.4) is 0 Å². The normalized spacial score (nSPS) is 15.3. The van der Waals surface area contributed by atoms with E-state index in [9.17, 15) is 4.79 Å². The molecule has 1 aliphatic heterocycles. The van der Waals surface area contributed by atoms with Crippen LogP contribution in [0.4, 0.5) is 5.69 Å². The maximum Gasteiger partial charge on any atom is 0.258 e. The number of piperidine rings is 1. The molecule has 5 rings (SSSR count). The number of rotatable bonds is 4. The Morgan fingerprint density at radius 3 is 2.56 bits per heavy atom. The Bertz CT molecular complexity index is 1350. The second kappa shape index (κ2) is 8.02. The van der Waals surface area contributed by atoms with Gasteiger partial charge in [-0.2, -0.15) is 5.10 Å². The van der Waals surface area contributed by atoms with Gasteiger partial charge in [-0.15, -0.1) is 0 Å². The Morgan fingerprint density at radius 1 is 1.03 bits per heavy atom. The summed E-state index contributed by atoms with van der Waals surface area (Å²) in [5.41, 5.74) is 5.57. The lowest BCUT2D eigenvalue weighted by Gasteiger charge is -2.34. The van der Waals surface area contributed by atoms with Gasteiger partial charge in [-0.3, -0.25) is 14.2 Å². The minimum atomic E-state index is -0.0996. The molecule has 0 N–H and O–H groups in total. The Kier molecular flexibility index (Phi) is 5.17. The lowest BCUT2D eigenvalue weighted by Crippen LogP contribution is -2.37. The van der Waals surface area contributed by atoms with Gasteiger partial charge in [0.05, 0.1) is 34.5 Å². The van der Waals surface area contributed by atoms with Crippen molar-refractivity contribution < 1.29 is 0 Å². The van der Waals surface area contributed by atoms with Crippen molar-refractivity contribution in [2.75, 3.05) is 38.6 Å². The molecule has 0 bridgehead atoms. The average Bonchev–Trinajstić information content (AvgIpc) is 3.18. The smallest absolute Gasteiger partial charge is 0.258 e. The summed E-state index contributed by atoms with van der Waals surface area (Å²) in [5, 5.41) is 4.63. The molecule has 0 radical (unpaired) electrons. The number of fused-ring (bicyclic) bond motifs is 2. The monoisotopic (exact) mass is 431 g/mol. The molecule has 4 aromatic heterocycles. The fourth-order valence-electron chi connectivity index (χ4n) is 4.72. The lowest BCUT2D eigenvalue weighted by atomic mass is 9.96. The highest BCUT2D eigenvalue weighted by atomic mass is 16.1. The Labute approximate surface area is 187 Å². The van der Waals surface area contributed by atoms with Gasteiger partial charge in [-0.05, 0) is 64.9 Å². The number of pyridine rings is 1. The molecule has 8 heteroatoms. The van der Waals surface area contributed by atoms with Gasteiger partial charge in [0.1, 0.15) is 11.3 Å². The molecule has 32 heavy (non-hydrogen) atoms. The van der Waals surface area contributed by atoms with E-state index in [1.807, 2.05) is 38.4 Å². The summed E-state index contributed by atoms with van der Waals surface area (Å²) in [6.45, 7) is 7.06. The molecule has 1 saturated heterocycles. The first-order valence-electron chi connectivity index (χ1n) is 11.1. The third-order valence-corrected chi connectivity index (χ3v) is 6.27. The predicted molar refractivity (Wildman–Crippen MR) is 126 cm³/mol. The summed E-state index contributed by atoms with van der Waals surface area (Å²) in [6.07, 6.45) is 6.14. The summed E-state index contributed by atoms with van der Waals surface area (Å²) < 4.78 is 3.44. The van der Waals surface area contributed by atoms with Crippen molar-refractivity contribution in [3.05, 3.63) is 58.4 Å². The van der Waals surface area contributed by atoms with Crippen molar-refractivity contribution >= 4 is 16.9 Å². The molecule has 0 unspecified atom stereocenters. The molecule has 5 heterocycles. The van der Waals surface area contributed by atoms with Crippen LogP contribution < -0.4 is 10.5 Å². The number of anilines is 1. The van der Waals surface area contributed by atoms with Crippen molar-refractivity contribution in [1.29, 1.82) is 0 Å². The van der Waals surface area contributed by atoms with Crippen LogP contribution in [-0.2, 0) is 0 Å². The van der Waals surface area contributed by atoms with Gasteiger partial charge >= 0.3 is 0 Å². The highest BCUT2D eigenvalue weighted by molar-refractivity contribution is 5.66. The third kappa shape index (κ3) is 3.86. The number of hydrogen-bond acceptors (Lipinski definition) is 6. The molecule has 0 spiro atoms. The fraction of sp³-hybridized carbons (Fsp3) is 0.417. The largest absolute Gasteiger partial charge is 0.370 e. The summed E-state index contributed by atoms with van der Waals surface area (Å²) in [6, 6.07) is 7.50. The van der Waals surface area contributed by atoms with Gasteiger partial charge in [0, 0.05) is 31.9 Å². The summed E-state index contributed by atoms with van der Waals surface area (Å²) in [4.78, 5) is 26.8. The van der Waals surface area contributed by atoms with E-state index in [0.29, 0.717) is 17.0 Å². The standard InChI is InChI=1S/C24H29N7O/c1-16-13-31-22(17(2)25-16)11-21(27-31)20-12-24(32)30-15-19(5-6-23(30)26-20)29-9-7-18(8-10-29)14-28(3)4/h5-6,11-13,15,18H,7-10,14H2,1-4H3. The highest BCUT2D eigenvalue weighted by Crippen LogP contribution is 2.24. The quantitative estimate of drug-likeness (QED) is 0.495. The van der Waals surface area contributed by atoms with Gasteiger partial charge < -0.3 is 9.80 Å². The van der Waals surface area contributed by atoms with Crippen molar-refractivity contribution in [1.82, 2.24) is 28.9 Å². The van der Waals surface area contributed by atoms with Crippen molar-refractivity contribution in [2.24, 2.45) is 5.92 Å². The minimum Gasteiger partial charge on any atom is -0.370 e. The van der Waals surface area contributed by atoms with Gasteiger partial charge in [0.15, 0.2) is 0 Å². The molecule has 166 valence electrons. The summed E-state index contributed by atoms with van der Waals surface area (Å²) in [5.74, 6) is 0.738. The zero-order valence-electron chi connectivity index (χ0n) is 19.1. The molecule has 0 saturated carbocycles. The number of aromatic nitrogens is 5. The Morgan fingerprint density at radius 2 is 1.81 bits per heavy atom. The predicted octanol–water partition coefficient (Wildman–Crippen LogP) is 2.80. The lowest BCUT2D eigenvalue weighted by molar-refractivity contribution is 0.285. The molecular weight excluding hydrogens is 402 g/mol. The van der Waals surface area contributed by atoms with E-state index in [0.717, 1.165) is 48.1 Å². The van der Waals surface area contributed by atoms with Crippen LogP contribution in [-0.4, -0.2) is 62.6 Å². The fourth-order valence-corrected chi connectivity index (χ4v) is 4.72. The molecule has 0 atom stereocenters. The van der Waals surface area contributed by atoms with E-state index in [1.165, 1.54) is 12.8 Å².